The van der Waals surface area contributed by atoms with Crippen molar-refractivity contribution in [3.8, 4) is 0 Å². The first-order valence-electron chi connectivity index (χ1n) is 11.4. The molecule has 0 spiro atoms. The Morgan fingerprint density at radius 1 is 1.17 bits per heavy atom. The first-order chi connectivity index (χ1) is 14.2. The van der Waals surface area contributed by atoms with Gasteiger partial charge < -0.3 is 5.32 Å². The molecule has 0 saturated carbocycles. The predicted octanol–water partition coefficient (Wildman–Crippen LogP) is 3.45. The van der Waals surface area contributed by atoms with Crippen molar-refractivity contribution < 1.29 is 9.18 Å². The average Bonchev–Trinajstić information content (AvgIpc) is 2.74. The van der Waals surface area contributed by atoms with Crippen LogP contribution in [-0.4, -0.2) is 60.5 Å². The molecule has 1 aliphatic carbocycles. The van der Waals surface area contributed by atoms with E-state index in [0.717, 1.165) is 31.0 Å². The molecule has 5 heteroatoms. The molecular weight excluding hydrogens is 365 g/mol. The predicted molar refractivity (Wildman–Crippen MR) is 112 cm³/mol. The molecule has 3 heterocycles. The Morgan fingerprint density at radius 2 is 2.07 bits per heavy atom. The van der Waals surface area contributed by atoms with E-state index < -0.39 is 5.82 Å². The molecule has 3 fully saturated rings. The number of carbonyl (C=O) groups is 1. The van der Waals surface area contributed by atoms with Crippen molar-refractivity contribution in [2.45, 2.75) is 50.6 Å². The normalized spacial score (nSPS) is 32.1. The fourth-order valence-corrected chi connectivity index (χ4v) is 6.39. The van der Waals surface area contributed by atoms with Crippen LogP contribution in [0.15, 0.2) is 35.9 Å². The zero-order chi connectivity index (χ0) is 19.8. The summed E-state index contributed by atoms with van der Waals surface area (Å²) >= 11 is 0. The topological polar surface area (TPSA) is 35.6 Å². The van der Waals surface area contributed by atoms with Gasteiger partial charge in [0, 0.05) is 31.7 Å². The summed E-state index contributed by atoms with van der Waals surface area (Å²) in [5.74, 6) is 0.705. The van der Waals surface area contributed by atoms with E-state index in [0.29, 0.717) is 12.6 Å². The molecule has 0 radical (unpaired) electrons. The van der Waals surface area contributed by atoms with Crippen molar-refractivity contribution in [3.63, 3.8) is 0 Å². The molecule has 0 aromatic heterocycles. The molecule has 156 valence electrons. The summed E-state index contributed by atoms with van der Waals surface area (Å²) in [6, 6.07) is 7.52. The highest BCUT2D eigenvalue weighted by molar-refractivity contribution is 5.94. The highest BCUT2D eigenvalue weighted by Gasteiger charge is 2.45. The minimum atomic E-state index is -0.454. The molecule has 5 rings (SSSR count). The highest BCUT2D eigenvalue weighted by Crippen LogP contribution is 2.44. The van der Waals surface area contributed by atoms with Gasteiger partial charge in [-0.3, -0.25) is 14.6 Å². The molecule has 1 amide bonds. The SMILES string of the molecule is O=C(NCCN1CCCC2=C[C@H]3C[C@H](CN4CCCC[C@H]34)[C@@H]21)c1ccccc1F. The number of likely N-dealkylation sites (tertiary alicyclic amines) is 1. The summed E-state index contributed by atoms with van der Waals surface area (Å²) in [5.41, 5.74) is 1.79. The third kappa shape index (κ3) is 3.75. The Balaban J connectivity index is 1.24. The van der Waals surface area contributed by atoms with Gasteiger partial charge in [0.05, 0.1) is 5.56 Å². The zero-order valence-electron chi connectivity index (χ0n) is 17.2. The number of hydrogen-bond donors (Lipinski definition) is 1. The summed E-state index contributed by atoms with van der Waals surface area (Å²) in [6.45, 7) is 5.02. The molecule has 3 saturated heterocycles. The summed E-state index contributed by atoms with van der Waals surface area (Å²) in [7, 11) is 0. The molecule has 3 aliphatic heterocycles. The second-order valence-electron chi connectivity index (χ2n) is 9.28. The van der Waals surface area contributed by atoms with Crippen molar-refractivity contribution in [1.29, 1.82) is 0 Å². The van der Waals surface area contributed by atoms with Crippen LogP contribution < -0.4 is 5.32 Å². The van der Waals surface area contributed by atoms with E-state index in [1.807, 2.05) is 0 Å². The molecule has 2 bridgehead atoms. The highest BCUT2D eigenvalue weighted by atomic mass is 19.1. The molecule has 1 N–H and O–H groups in total. The van der Waals surface area contributed by atoms with Crippen LogP contribution >= 0.6 is 0 Å². The number of nitrogens with one attached hydrogen (secondary N) is 1. The van der Waals surface area contributed by atoms with Gasteiger partial charge in [-0.2, -0.15) is 0 Å². The number of nitrogens with zero attached hydrogens (tertiary/aromatic N) is 2. The number of rotatable bonds is 4. The smallest absolute Gasteiger partial charge is 0.254 e. The lowest BCUT2D eigenvalue weighted by atomic mass is 9.68. The number of benzene rings is 1. The zero-order valence-corrected chi connectivity index (χ0v) is 17.2. The summed E-state index contributed by atoms with van der Waals surface area (Å²) < 4.78 is 13.8. The van der Waals surface area contributed by atoms with E-state index in [2.05, 4.69) is 21.2 Å². The lowest BCUT2D eigenvalue weighted by Gasteiger charge is -2.54. The third-order valence-corrected chi connectivity index (χ3v) is 7.56. The monoisotopic (exact) mass is 397 g/mol. The van der Waals surface area contributed by atoms with E-state index in [-0.39, 0.29) is 11.5 Å². The molecule has 4 atom stereocenters. The minimum Gasteiger partial charge on any atom is -0.351 e. The Kier molecular flexibility index (Phi) is 5.44. The minimum absolute atomic E-state index is 0.135. The van der Waals surface area contributed by atoms with Gasteiger partial charge in [-0.15, -0.1) is 0 Å². The van der Waals surface area contributed by atoms with Crippen LogP contribution in [-0.2, 0) is 0 Å². The van der Waals surface area contributed by atoms with E-state index in [9.17, 15) is 9.18 Å². The second-order valence-corrected chi connectivity index (χ2v) is 9.28. The van der Waals surface area contributed by atoms with Crippen molar-refractivity contribution in [1.82, 2.24) is 15.1 Å². The Labute approximate surface area is 173 Å². The van der Waals surface area contributed by atoms with Gasteiger partial charge in [0.1, 0.15) is 5.82 Å². The fraction of sp³-hybridized carbons (Fsp3) is 0.625. The summed E-state index contributed by atoms with van der Waals surface area (Å²) in [4.78, 5) is 17.7. The van der Waals surface area contributed by atoms with Crippen LogP contribution in [0.5, 0.6) is 0 Å². The van der Waals surface area contributed by atoms with Crippen molar-refractivity contribution in [3.05, 3.63) is 47.3 Å². The van der Waals surface area contributed by atoms with Crippen molar-refractivity contribution >= 4 is 5.91 Å². The molecule has 4 aliphatic rings. The van der Waals surface area contributed by atoms with Gasteiger partial charge in [-0.05, 0) is 69.2 Å². The van der Waals surface area contributed by atoms with E-state index in [4.69, 9.17) is 0 Å². The van der Waals surface area contributed by atoms with Gasteiger partial charge in [-0.25, -0.2) is 4.39 Å². The molecule has 4 nitrogen and oxygen atoms in total. The van der Waals surface area contributed by atoms with Gasteiger partial charge in [0.2, 0.25) is 0 Å². The lowest BCUT2D eigenvalue weighted by Crippen LogP contribution is -2.59. The standard InChI is InChI=1S/C24H32FN3O/c25-21-8-2-1-7-20(21)24(29)26-10-13-27-12-5-6-17-14-18-15-19(23(17)27)16-28-11-4-3-9-22(18)28/h1-2,7-8,14,18-19,22-23H,3-6,9-13,15-16H2,(H,26,29)/t18-,19+,22+,23+/m0/s1. The Morgan fingerprint density at radius 3 is 2.97 bits per heavy atom. The van der Waals surface area contributed by atoms with Crippen LogP contribution in [0.1, 0.15) is 48.9 Å². The Hall–Kier alpha value is -1.72. The number of halogens is 1. The average molecular weight is 398 g/mol. The second kappa shape index (κ2) is 8.19. The molecule has 29 heavy (non-hydrogen) atoms. The maximum absolute atomic E-state index is 13.8. The summed E-state index contributed by atoms with van der Waals surface area (Å²) in [5, 5.41) is 2.93. The van der Waals surface area contributed by atoms with Gasteiger partial charge in [0.25, 0.3) is 5.91 Å². The van der Waals surface area contributed by atoms with E-state index >= 15 is 0 Å². The maximum atomic E-state index is 13.8. The number of hydrogen-bond acceptors (Lipinski definition) is 3. The molecule has 1 aromatic carbocycles. The van der Waals surface area contributed by atoms with Crippen LogP contribution in [0.3, 0.4) is 0 Å². The van der Waals surface area contributed by atoms with Crippen LogP contribution in [0.4, 0.5) is 4.39 Å². The first kappa shape index (κ1) is 19.3. The number of fused-ring (bicyclic) bond motifs is 6. The van der Waals surface area contributed by atoms with Crippen molar-refractivity contribution in [2.75, 3.05) is 32.7 Å². The van der Waals surface area contributed by atoms with Crippen LogP contribution in [0.25, 0.3) is 0 Å². The third-order valence-electron chi connectivity index (χ3n) is 7.56. The quantitative estimate of drug-likeness (QED) is 0.791. The molecular formula is C24H32FN3O. The number of amides is 1. The summed E-state index contributed by atoms with van der Waals surface area (Å²) in [6.07, 6.45) is 10.5. The van der Waals surface area contributed by atoms with Crippen LogP contribution in [0, 0.1) is 17.7 Å². The van der Waals surface area contributed by atoms with E-state index in [1.54, 1.807) is 23.8 Å². The number of carbonyl (C=O) groups excluding carboxylic acids is 1. The van der Waals surface area contributed by atoms with Crippen LogP contribution in [0.2, 0.25) is 0 Å². The van der Waals surface area contributed by atoms with Gasteiger partial charge in [0.15, 0.2) is 0 Å². The van der Waals surface area contributed by atoms with Crippen molar-refractivity contribution in [2.24, 2.45) is 11.8 Å². The molecule has 1 aromatic rings. The Bertz CT molecular complexity index is 794. The van der Waals surface area contributed by atoms with Gasteiger partial charge >= 0.3 is 0 Å². The van der Waals surface area contributed by atoms with Gasteiger partial charge in [-0.1, -0.05) is 30.2 Å². The maximum Gasteiger partial charge on any atom is 0.254 e. The largest absolute Gasteiger partial charge is 0.351 e. The fourth-order valence-electron chi connectivity index (χ4n) is 6.39. The van der Waals surface area contributed by atoms with E-state index in [1.165, 1.54) is 57.7 Å². The first-order valence-corrected chi connectivity index (χ1v) is 11.4. The molecule has 0 unspecified atom stereocenters. The number of piperidine rings is 3. The lowest BCUT2D eigenvalue weighted by molar-refractivity contribution is -0.000295.